The molecule has 9 heteroatoms. The van der Waals surface area contributed by atoms with Crippen molar-refractivity contribution in [1.29, 1.82) is 0 Å². The molecule has 0 aliphatic carbocycles. The summed E-state index contributed by atoms with van der Waals surface area (Å²) in [6.45, 7) is 3.12. The monoisotopic (exact) mass is 386 g/mol. The summed E-state index contributed by atoms with van der Waals surface area (Å²) < 4.78 is 65.1. The average molecular weight is 386 g/mol. The fraction of sp³-hybridized carbons (Fsp3) is 0.235. The number of aryl methyl sites for hydroxylation is 1. The third-order valence-corrected chi connectivity index (χ3v) is 5.39. The van der Waals surface area contributed by atoms with Crippen molar-refractivity contribution in [3.05, 3.63) is 64.7 Å². The number of primary amides is 1. The number of alkyl halides is 3. The van der Waals surface area contributed by atoms with Crippen LogP contribution >= 0.6 is 0 Å². The average Bonchev–Trinajstić information content (AvgIpc) is 2.53. The van der Waals surface area contributed by atoms with Crippen LogP contribution in [0.25, 0.3) is 0 Å². The van der Waals surface area contributed by atoms with Crippen LogP contribution < -0.4 is 10.5 Å². The van der Waals surface area contributed by atoms with E-state index in [1.54, 1.807) is 6.92 Å². The zero-order chi connectivity index (χ0) is 19.7. The molecule has 3 N–H and O–H groups in total. The lowest BCUT2D eigenvalue weighted by molar-refractivity contribution is -0.137. The van der Waals surface area contributed by atoms with Crippen LogP contribution in [0.4, 0.5) is 13.2 Å². The molecule has 0 saturated heterocycles. The maximum atomic E-state index is 12.6. The predicted molar refractivity (Wildman–Crippen MR) is 89.9 cm³/mol. The Bertz CT molecular complexity index is 923. The van der Waals surface area contributed by atoms with E-state index in [0.717, 1.165) is 12.1 Å². The maximum absolute atomic E-state index is 12.6. The van der Waals surface area contributed by atoms with Gasteiger partial charge in [0.25, 0.3) is 0 Å². The summed E-state index contributed by atoms with van der Waals surface area (Å²) in [5, 5.41) is 0. The Morgan fingerprint density at radius 1 is 1.12 bits per heavy atom. The second kappa shape index (κ2) is 7.08. The van der Waals surface area contributed by atoms with Crippen LogP contribution in [-0.2, 0) is 16.2 Å². The Hall–Kier alpha value is -2.39. The van der Waals surface area contributed by atoms with E-state index in [2.05, 4.69) is 4.72 Å². The number of benzene rings is 2. The first-order chi connectivity index (χ1) is 11.9. The van der Waals surface area contributed by atoms with Gasteiger partial charge >= 0.3 is 6.18 Å². The molecule has 2 aromatic rings. The van der Waals surface area contributed by atoms with Gasteiger partial charge in [0.1, 0.15) is 0 Å². The van der Waals surface area contributed by atoms with E-state index in [0.29, 0.717) is 11.1 Å². The number of rotatable bonds is 5. The van der Waals surface area contributed by atoms with Crippen LogP contribution in [0.3, 0.4) is 0 Å². The largest absolute Gasteiger partial charge is 0.416 e. The topological polar surface area (TPSA) is 89.3 Å². The summed E-state index contributed by atoms with van der Waals surface area (Å²) in [6, 6.07) is 7.36. The van der Waals surface area contributed by atoms with Gasteiger partial charge in [-0.1, -0.05) is 18.2 Å². The van der Waals surface area contributed by atoms with Gasteiger partial charge in [0.05, 0.1) is 10.5 Å². The van der Waals surface area contributed by atoms with Crippen molar-refractivity contribution >= 4 is 15.9 Å². The van der Waals surface area contributed by atoms with Crippen LogP contribution in [0, 0.1) is 6.92 Å². The Morgan fingerprint density at radius 3 is 2.19 bits per heavy atom. The highest BCUT2D eigenvalue weighted by atomic mass is 32.2. The highest BCUT2D eigenvalue weighted by Gasteiger charge is 2.30. The maximum Gasteiger partial charge on any atom is 0.416 e. The number of amides is 1. The lowest BCUT2D eigenvalue weighted by Gasteiger charge is -2.16. The molecule has 0 saturated carbocycles. The zero-order valence-electron chi connectivity index (χ0n) is 14.0. The zero-order valence-corrected chi connectivity index (χ0v) is 14.8. The van der Waals surface area contributed by atoms with Gasteiger partial charge in [-0.05, 0) is 49.2 Å². The smallest absolute Gasteiger partial charge is 0.366 e. The summed E-state index contributed by atoms with van der Waals surface area (Å²) in [5.41, 5.74) is 5.38. The van der Waals surface area contributed by atoms with Crippen molar-refractivity contribution in [3.8, 4) is 0 Å². The molecular formula is C17H17F3N2O3S. The first-order valence-corrected chi connectivity index (χ1v) is 9.00. The summed E-state index contributed by atoms with van der Waals surface area (Å²) in [7, 11) is -4.00. The number of sulfonamides is 1. The number of halogens is 3. The molecular weight excluding hydrogens is 369 g/mol. The number of carbonyl (C=O) groups excluding carboxylic acids is 1. The first-order valence-electron chi connectivity index (χ1n) is 7.52. The molecule has 1 unspecified atom stereocenters. The van der Waals surface area contributed by atoms with Crippen molar-refractivity contribution in [1.82, 2.24) is 4.72 Å². The van der Waals surface area contributed by atoms with E-state index < -0.39 is 33.7 Å². The minimum Gasteiger partial charge on any atom is -0.366 e. The highest BCUT2D eigenvalue weighted by Crippen LogP contribution is 2.30. The van der Waals surface area contributed by atoms with Crippen LogP contribution in [0.1, 0.15) is 40.0 Å². The van der Waals surface area contributed by atoms with E-state index in [9.17, 15) is 26.4 Å². The van der Waals surface area contributed by atoms with Crippen molar-refractivity contribution in [2.45, 2.75) is 31.0 Å². The molecule has 0 spiro atoms. The first kappa shape index (κ1) is 19.9. The summed E-state index contributed by atoms with van der Waals surface area (Å²) in [4.78, 5) is 11.2. The molecule has 2 rings (SSSR count). The molecule has 0 aromatic heterocycles. The standard InChI is InChI=1S/C17H17F3N2O3S/c1-10-3-8-14(9-15(10)16(21)23)26(24,25)22-11(2)12-4-6-13(7-5-12)17(18,19)20/h3-9,11,22H,1-2H3,(H2,21,23). The number of hydrogen-bond acceptors (Lipinski definition) is 3. The lowest BCUT2D eigenvalue weighted by atomic mass is 10.1. The van der Waals surface area contributed by atoms with Gasteiger partial charge in [-0.25, -0.2) is 13.1 Å². The van der Waals surface area contributed by atoms with E-state index >= 15 is 0 Å². The van der Waals surface area contributed by atoms with Gasteiger partial charge in [-0.3, -0.25) is 4.79 Å². The quantitative estimate of drug-likeness (QED) is 0.827. The second-order valence-electron chi connectivity index (χ2n) is 5.80. The SMILES string of the molecule is Cc1ccc(S(=O)(=O)NC(C)c2ccc(C(F)(F)F)cc2)cc1C(N)=O. The Labute approximate surface area is 149 Å². The molecule has 140 valence electrons. The number of hydrogen-bond donors (Lipinski definition) is 2. The minimum absolute atomic E-state index is 0.0788. The Kier molecular flexibility index (Phi) is 5.43. The predicted octanol–water partition coefficient (Wildman–Crippen LogP) is 3.15. The summed E-state index contributed by atoms with van der Waals surface area (Å²) >= 11 is 0. The van der Waals surface area contributed by atoms with Crippen LogP contribution in [-0.4, -0.2) is 14.3 Å². The van der Waals surface area contributed by atoms with E-state index in [4.69, 9.17) is 5.73 Å². The van der Waals surface area contributed by atoms with Gasteiger partial charge in [0, 0.05) is 11.6 Å². The van der Waals surface area contributed by atoms with Crippen LogP contribution in [0.5, 0.6) is 0 Å². The van der Waals surface area contributed by atoms with E-state index in [1.807, 2.05) is 0 Å². The van der Waals surface area contributed by atoms with Crippen molar-refractivity contribution in [3.63, 3.8) is 0 Å². The van der Waals surface area contributed by atoms with Gasteiger partial charge in [-0.15, -0.1) is 0 Å². The van der Waals surface area contributed by atoms with Crippen LogP contribution in [0.2, 0.25) is 0 Å². The second-order valence-corrected chi connectivity index (χ2v) is 7.52. The van der Waals surface area contributed by atoms with Crippen LogP contribution in [0.15, 0.2) is 47.4 Å². The van der Waals surface area contributed by atoms with Gasteiger partial charge in [0.2, 0.25) is 15.9 Å². The molecule has 1 amide bonds. The molecule has 0 heterocycles. The fourth-order valence-corrected chi connectivity index (χ4v) is 3.62. The third-order valence-electron chi connectivity index (χ3n) is 3.85. The lowest BCUT2D eigenvalue weighted by Crippen LogP contribution is -2.27. The Morgan fingerprint density at radius 2 is 1.69 bits per heavy atom. The number of nitrogens with one attached hydrogen (secondary N) is 1. The highest BCUT2D eigenvalue weighted by molar-refractivity contribution is 7.89. The summed E-state index contributed by atoms with van der Waals surface area (Å²) in [6.07, 6.45) is -4.46. The molecule has 5 nitrogen and oxygen atoms in total. The molecule has 0 radical (unpaired) electrons. The molecule has 0 fully saturated rings. The van der Waals surface area contributed by atoms with Gasteiger partial charge in [0.15, 0.2) is 0 Å². The fourth-order valence-electron chi connectivity index (χ4n) is 2.36. The van der Waals surface area contributed by atoms with E-state index in [1.165, 1.54) is 37.3 Å². The minimum atomic E-state index is -4.46. The molecule has 1 atom stereocenters. The van der Waals surface area contributed by atoms with Gasteiger partial charge < -0.3 is 5.73 Å². The van der Waals surface area contributed by atoms with Crippen molar-refractivity contribution in [2.24, 2.45) is 5.73 Å². The van der Waals surface area contributed by atoms with Crippen molar-refractivity contribution < 1.29 is 26.4 Å². The molecule has 26 heavy (non-hydrogen) atoms. The normalized spacial score (nSPS) is 13.4. The van der Waals surface area contributed by atoms with E-state index in [-0.39, 0.29) is 10.5 Å². The molecule has 2 aromatic carbocycles. The summed E-state index contributed by atoms with van der Waals surface area (Å²) in [5.74, 6) is -0.754. The molecule has 0 bridgehead atoms. The van der Waals surface area contributed by atoms with Gasteiger partial charge in [-0.2, -0.15) is 13.2 Å². The Balaban J connectivity index is 2.26. The third kappa shape index (κ3) is 4.41. The number of nitrogens with two attached hydrogens (primary N) is 1. The molecule has 0 aliphatic heterocycles. The number of carbonyl (C=O) groups is 1. The van der Waals surface area contributed by atoms with Crippen molar-refractivity contribution in [2.75, 3.05) is 0 Å². The molecule has 0 aliphatic rings.